The van der Waals surface area contributed by atoms with Gasteiger partial charge in [-0.1, -0.05) is 6.07 Å². The quantitative estimate of drug-likeness (QED) is 0.729. The number of methoxy groups -OCH3 is 1. The van der Waals surface area contributed by atoms with Crippen LogP contribution in [0, 0.1) is 5.82 Å². The number of imidazole rings is 1. The third kappa shape index (κ3) is 4.51. The molecule has 1 aliphatic heterocycles. The Morgan fingerprint density at radius 2 is 2.15 bits per heavy atom. The largest absolute Gasteiger partial charge is 0.385 e. The zero-order chi connectivity index (χ0) is 19.2. The van der Waals surface area contributed by atoms with E-state index in [0.29, 0.717) is 38.2 Å². The van der Waals surface area contributed by atoms with Crippen molar-refractivity contribution < 1.29 is 18.7 Å². The third-order valence-corrected chi connectivity index (χ3v) is 4.43. The van der Waals surface area contributed by atoms with Gasteiger partial charge in [0, 0.05) is 32.5 Å². The van der Waals surface area contributed by atoms with Gasteiger partial charge in [0.2, 0.25) is 0 Å². The molecule has 1 aromatic carbocycles. The van der Waals surface area contributed by atoms with E-state index in [-0.39, 0.29) is 17.4 Å². The number of fused-ring (bicyclic) bond motifs is 1. The summed E-state index contributed by atoms with van der Waals surface area (Å²) < 4.78 is 20.1. The van der Waals surface area contributed by atoms with Gasteiger partial charge in [-0.15, -0.1) is 0 Å². The minimum atomic E-state index is -0.440. The Balaban J connectivity index is 1.80. The molecule has 8 heteroatoms. The van der Waals surface area contributed by atoms with Gasteiger partial charge in [0.25, 0.3) is 11.8 Å². The van der Waals surface area contributed by atoms with Crippen LogP contribution in [0.15, 0.2) is 24.3 Å². The molecular formula is C19H23FN4O3. The molecule has 144 valence electrons. The number of hydrogen-bond donors (Lipinski definition) is 2. The zero-order valence-electron chi connectivity index (χ0n) is 15.3. The van der Waals surface area contributed by atoms with E-state index < -0.39 is 11.7 Å². The van der Waals surface area contributed by atoms with E-state index in [1.807, 2.05) is 4.57 Å². The number of hydrogen-bond acceptors (Lipinski definition) is 4. The first-order valence-electron chi connectivity index (χ1n) is 9.03. The van der Waals surface area contributed by atoms with E-state index in [4.69, 9.17) is 4.74 Å². The van der Waals surface area contributed by atoms with Crippen LogP contribution in [0.5, 0.6) is 0 Å². The van der Waals surface area contributed by atoms with Crippen molar-refractivity contribution in [2.45, 2.75) is 32.2 Å². The van der Waals surface area contributed by atoms with Crippen molar-refractivity contribution in [3.63, 3.8) is 0 Å². The van der Waals surface area contributed by atoms with Crippen LogP contribution in [-0.2, 0) is 17.7 Å². The molecule has 0 radical (unpaired) electrons. The first-order valence-corrected chi connectivity index (χ1v) is 9.03. The van der Waals surface area contributed by atoms with Crippen molar-refractivity contribution in [2.75, 3.05) is 25.6 Å². The molecule has 0 fully saturated rings. The number of anilines is 1. The first-order chi connectivity index (χ1) is 13.1. The second kappa shape index (κ2) is 8.77. The number of nitrogens with zero attached hydrogens (tertiary/aromatic N) is 2. The van der Waals surface area contributed by atoms with Crippen LogP contribution in [0.2, 0.25) is 0 Å². The summed E-state index contributed by atoms with van der Waals surface area (Å²) in [5.41, 5.74) is 1.32. The number of carbonyl (C=O) groups is 2. The fourth-order valence-corrected chi connectivity index (χ4v) is 3.15. The lowest BCUT2D eigenvalue weighted by Crippen LogP contribution is -2.29. The van der Waals surface area contributed by atoms with Crippen molar-refractivity contribution in [2.24, 2.45) is 0 Å². The number of carbonyl (C=O) groups excluding carboxylic acids is 2. The molecule has 27 heavy (non-hydrogen) atoms. The summed E-state index contributed by atoms with van der Waals surface area (Å²) in [6, 6.07) is 5.67. The molecule has 2 aromatic rings. The Labute approximate surface area is 156 Å². The zero-order valence-corrected chi connectivity index (χ0v) is 15.3. The van der Waals surface area contributed by atoms with Crippen LogP contribution in [0.25, 0.3) is 0 Å². The van der Waals surface area contributed by atoms with Gasteiger partial charge in [0.1, 0.15) is 5.82 Å². The number of benzene rings is 1. The maximum atomic E-state index is 13.3. The summed E-state index contributed by atoms with van der Waals surface area (Å²) >= 11 is 0. The summed E-state index contributed by atoms with van der Waals surface area (Å²) in [6.07, 6.45) is 3.23. The average Bonchev–Trinajstić information content (AvgIpc) is 3.05. The lowest BCUT2D eigenvalue weighted by molar-refractivity contribution is 0.0932. The van der Waals surface area contributed by atoms with E-state index in [9.17, 15) is 14.0 Å². The Hall–Kier alpha value is -2.74. The Bertz CT molecular complexity index is 834. The maximum Gasteiger partial charge on any atom is 0.287 e. The Morgan fingerprint density at radius 3 is 2.93 bits per heavy atom. The molecule has 2 amide bonds. The summed E-state index contributed by atoms with van der Waals surface area (Å²) in [6.45, 7) is 1.68. The lowest BCUT2D eigenvalue weighted by Gasteiger charge is -2.17. The number of aromatic nitrogens is 2. The highest BCUT2D eigenvalue weighted by Crippen LogP contribution is 2.22. The van der Waals surface area contributed by atoms with Gasteiger partial charge in [-0.05, 0) is 43.9 Å². The van der Waals surface area contributed by atoms with Gasteiger partial charge in [-0.3, -0.25) is 9.59 Å². The highest BCUT2D eigenvalue weighted by atomic mass is 19.1. The second-order valence-electron chi connectivity index (χ2n) is 6.41. The Morgan fingerprint density at radius 1 is 1.30 bits per heavy atom. The molecule has 1 aromatic heterocycles. The van der Waals surface area contributed by atoms with Crippen molar-refractivity contribution in [3.05, 3.63) is 47.3 Å². The van der Waals surface area contributed by atoms with Gasteiger partial charge < -0.3 is 19.9 Å². The predicted molar refractivity (Wildman–Crippen MR) is 98.3 cm³/mol. The van der Waals surface area contributed by atoms with Gasteiger partial charge in [0.15, 0.2) is 11.5 Å². The minimum Gasteiger partial charge on any atom is -0.385 e. The molecule has 0 atom stereocenters. The molecule has 7 nitrogen and oxygen atoms in total. The molecule has 0 unspecified atom stereocenters. The topological polar surface area (TPSA) is 85.2 Å². The molecular weight excluding hydrogens is 351 g/mol. The summed E-state index contributed by atoms with van der Waals surface area (Å²) in [5.74, 6) is -0.939. The molecule has 3 rings (SSSR count). The van der Waals surface area contributed by atoms with Crippen LogP contribution in [0.1, 0.15) is 46.1 Å². The van der Waals surface area contributed by atoms with Crippen LogP contribution in [-0.4, -0.2) is 41.6 Å². The number of ether oxygens (including phenoxy) is 1. The monoisotopic (exact) mass is 374 g/mol. The van der Waals surface area contributed by atoms with Gasteiger partial charge in [-0.25, -0.2) is 9.37 Å². The van der Waals surface area contributed by atoms with Crippen LogP contribution >= 0.6 is 0 Å². The summed E-state index contributed by atoms with van der Waals surface area (Å²) in [5, 5.41) is 5.47. The van der Waals surface area contributed by atoms with Crippen LogP contribution in [0.3, 0.4) is 0 Å². The van der Waals surface area contributed by atoms with Gasteiger partial charge in [0.05, 0.1) is 5.69 Å². The third-order valence-electron chi connectivity index (χ3n) is 4.43. The van der Waals surface area contributed by atoms with Gasteiger partial charge >= 0.3 is 0 Å². The van der Waals surface area contributed by atoms with Crippen molar-refractivity contribution in [1.82, 2.24) is 14.9 Å². The number of nitrogens with one attached hydrogen (secondary N) is 2. The molecule has 0 spiro atoms. The van der Waals surface area contributed by atoms with E-state index in [2.05, 4.69) is 15.6 Å². The van der Waals surface area contributed by atoms with Gasteiger partial charge in [-0.2, -0.15) is 0 Å². The normalized spacial score (nSPS) is 13.1. The number of rotatable bonds is 7. The number of halogens is 1. The fraction of sp³-hybridized carbons (Fsp3) is 0.421. The average molecular weight is 374 g/mol. The van der Waals surface area contributed by atoms with E-state index in [1.54, 1.807) is 13.2 Å². The molecule has 0 aliphatic carbocycles. The maximum absolute atomic E-state index is 13.3. The first kappa shape index (κ1) is 19.0. The smallest absolute Gasteiger partial charge is 0.287 e. The summed E-state index contributed by atoms with van der Waals surface area (Å²) in [7, 11) is 1.61. The van der Waals surface area contributed by atoms with E-state index >= 15 is 0 Å². The second-order valence-corrected chi connectivity index (χ2v) is 6.41. The standard InChI is InChI=1S/C19H23FN4O3/c1-27-11-5-9-21-19(26)17-23-16(15-8-2-3-10-24(15)17)18(25)22-14-7-4-6-13(20)12-14/h4,6-7,12H,2-3,5,8-11H2,1H3,(H,21,26)(H,22,25). The SMILES string of the molecule is COCCCNC(=O)c1nc(C(=O)Nc2cccc(F)c2)c2n1CCCC2. The number of amides is 2. The predicted octanol–water partition coefficient (Wildman–Crippen LogP) is 2.38. The molecule has 1 aliphatic rings. The lowest BCUT2D eigenvalue weighted by atomic mass is 10.1. The highest BCUT2D eigenvalue weighted by Gasteiger charge is 2.27. The molecule has 0 bridgehead atoms. The van der Waals surface area contributed by atoms with E-state index in [0.717, 1.165) is 18.5 Å². The molecule has 0 saturated carbocycles. The van der Waals surface area contributed by atoms with Crippen molar-refractivity contribution in [3.8, 4) is 0 Å². The van der Waals surface area contributed by atoms with Crippen LogP contribution in [0.4, 0.5) is 10.1 Å². The summed E-state index contributed by atoms with van der Waals surface area (Å²) in [4.78, 5) is 29.5. The Kier molecular flexibility index (Phi) is 6.18. The van der Waals surface area contributed by atoms with Crippen LogP contribution < -0.4 is 10.6 Å². The minimum absolute atomic E-state index is 0.223. The van der Waals surface area contributed by atoms with Crippen molar-refractivity contribution >= 4 is 17.5 Å². The van der Waals surface area contributed by atoms with Crippen molar-refractivity contribution in [1.29, 1.82) is 0 Å². The highest BCUT2D eigenvalue weighted by molar-refractivity contribution is 6.05. The molecule has 0 saturated heterocycles. The molecule has 2 heterocycles. The fourth-order valence-electron chi connectivity index (χ4n) is 3.15. The molecule has 2 N–H and O–H groups in total. The van der Waals surface area contributed by atoms with E-state index in [1.165, 1.54) is 18.2 Å².